The predicted octanol–water partition coefficient (Wildman–Crippen LogP) is 3.71. The Hall–Kier alpha value is -2.28. The minimum atomic E-state index is -3.58. The predicted molar refractivity (Wildman–Crippen MR) is 133 cm³/mol. The lowest BCUT2D eigenvalue weighted by Gasteiger charge is -2.26. The number of thiocarbonyl (C=S) groups is 1. The number of morpholine rings is 1. The van der Waals surface area contributed by atoms with Crippen molar-refractivity contribution in [3.05, 3.63) is 52.4 Å². The number of methoxy groups -OCH3 is 1. The lowest BCUT2D eigenvalue weighted by atomic mass is 10.2. The number of fused-ring (bicyclic) bond motifs is 1. The van der Waals surface area contributed by atoms with E-state index in [4.69, 9.17) is 33.3 Å². The van der Waals surface area contributed by atoms with Crippen LogP contribution in [0.4, 0.5) is 5.69 Å². The van der Waals surface area contributed by atoms with Crippen molar-refractivity contribution in [3.8, 4) is 5.75 Å². The van der Waals surface area contributed by atoms with Crippen LogP contribution in [0.15, 0.2) is 47.4 Å². The summed E-state index contributed by atoms with van der Waals surface area (Å²) in [6.07, 6.45) is 0. The van der Waals surface area contributed by atoms with Gasteiger partial charge in [0.15, 0.2) is 5.11 Å². The van der Waals surface area contributed by atoms with Crippen molar-refractivity contribution in [2.45, 2.75) is 4.90 Å². The molecule has 12 heteroatoms. The summed E-state index contributed by atoms with van der Waals surface area (Å²) in [7, 11) is -2.02. The van der Waals surface area contributed by atoms with Crippen LogP contribution in [0.3, 0.4) is 0 Å². The van der Waals surface area contributed by atoms with Crippen LogP contribution in [0.2, 0.25) is 5.02 Å². The Kier molecular flexibility index (Phi) is 7.17. The third kappa shape index (κ3) is 5.13. The van der Waals surface area contributed by atoms with Crippen molar-refractivity contribution in [2.75, 3.05) is 38.7 Å². The molecule has 0 atom stereocenters. The molecule has 1 saturated heterocycles. The molecule has 33 heavy (non-hydrogen) atoms. The van der Waals surface area contributed by atoms with Gasteiger partial charge in [0.05, 0.1) is 30.2 Å². The molecule has 0 radical (unpaired) electrons. The molecule has 1 aromatic heterocycles. The van der Waals surface area contributed by atoms with Crippen molar-refractivity contribution in [3.63, 3.8) is 0 Å². The second-order valence-corrected chi connectivity index (χ2v) is 10.8. The van der Waals surface area contributed by atoms with E-state index in [1.807, 2.05) is 6.07 Å². The van der Waals surface area contributed by atoms with Crippen molar-refractivity contribution in [1.82, 2.24) is 9.62 Å². The number of nitrogens with one attached hydrogen (secondary N) is 2. The fourth-order valence-corrected chi connectivity index (χ4v) is 6.35. The Balaban J connectivity index is 1.42. The molecule has 2 aromatic carbocycles. The van der Waals surface area contributed by atoms with Crippen LogP contribution in [-0.4, -0.2) is 57.2 Å². The van der Waals surface area contributed by atoms with Crippen LogP contribution < -0.4 is 15.4 Å². The smallest absolute Gasteiger partial charge is 0.269 e. The molecule has 1 aliphatic heterocycles. The number of anilines is 1. The largest absolute Gasteiger partial charge is 0.497 e. The molecule has 2 N–H and O–H groups in total. The third-order valence-electron chi connectivity index (χ3n) is 4.99. The molecule has 1 amide bonds. The summed E-state index contributed by atoms with van der Waals surface area (Å²) >= 11 is 12.9. The zero-order valence-corrected chi connectivity index (χ0v) is 20.7. The number of carbonyl (C=O) groups is 1. The highest BCUT2D eigenvalue weighted by Crippen LogP contribution is 2.37. The molecule has 0 aliphatic carbocycles. The molecule has 8 nitrogen and oxygen atoms in total. The third-order valence-corrected chi connectivity index (χ3v) is 8.76. The average molecular weight is 526 g/mol. The summed E-state index contributed by atoms with van der Waals surface area (Å²) < 4.78 is 38.1. The monoisotopic (exact) mass is 525 g/mol. The second kappa shape index (κ2) is 9.92. The number of hydrogen-bond donors (Lipinski definition) is 2. The molecule has 4 rings (SSSR count). The average Bonchev–Trinajstić information content (AvgIpc) is 3.15. The minimum Gasteiger partial charge on any atom is -0.497 e. The van der Waals surface area contributed by atoms with Crippen LogP contribution in [0, 0.1) is 0 Å². The van der Waals surface area contributed by atoms with Gasteiger partial charge in [0.25, 0.3) is 5.91 Å². The highest BCUT2D eigenvalue weighted by molar-refractivity contribution is 7.89. The number of rotatable bonds is 5. The lowest BCUT2D eigenvalue weighted by molar-refractivity contribution is 0.0730. The topological polar surface area (TPSA) is 97.0 Å². The molecule has 0 bridgehead atoms. The van der Waals surface area contributed by atoms with Gasteiger partial charge in [-0.05, 0) is 54.7 Å². The maximum atomic E-state index is 12.7. The minimum absolute atomic E-state index is 0.0647. The Morgan fingerprint density at radius 2 is 1.88 bits per heavy atom. The Morgan fingerprint density at radius 3 is 2.55 bits per heavy atom. The first-order valence-corrected chi connectivity index (χ1v) is 12.9. The normalized spacial score (nSPS) is 14.7. The fourth-order valence-electron chi connectivity index (χ4n) is 3.29. The van der Waals surface area contributed by atoms with E-state index < -0.39 is 15.9 Å². The first kappa shape index (κ1) is 23.9. The van der Waals surface area contributed by atoms with E-state index in [-0.39, 0.29) is 10.0 Å². The zero-order chi connectivity index (χ0) is 23.6. The van der Waals surface area contributed by atoms with Crippen molar-refractivity contribution >= 4 is 72.0 Å². The summed E-state index contributed by atoms with van der Waals surface area (Å²) in [5.41, 5.74) is 0.536. The van der Waals surface area contributed by atoms with Gasteiger partial charge in [-0.2, -0.15) is 4.31 Å². The van der Waals surface area contributed by atoms with Gasteiger partial charge in [0.1, 0.15) is 10.6 Å². The molecule has 0 saturated carbocycles. The Bertz CT molecular complexity index is 1300. The summed E-state index contributed by atoms with van der Waals surface area (Å²) in [6.45, 7) is 1.41. The molecule has 1 aliphatic rings. The van der Waals surface area contributed by atoms with Crippen molar-refractivity contribution in [1.29, 1.82) is 0 Å². The quantitative estimate of drug-likeness (QED) is 0.490. The van der Waals surface area contributed by atoms with Crippen LogP contribution >= 0.6 is 35.2 Å². The maximum Gasteiger partial charge on any atom is 0.269 e. The van der Waals surface area contributed by atoms with E-state index in [0.717, 1.165) is 10.1 Å². The van der Waals surface area contributed by atoms with Crippen LogP contribution in [0.1, 0.15) is 9.67 Å². The number of sulfonamides is 1. The molecule has 174 valence electrons. The Morgan fingerprint density at radius 1 is 1.18 bits per heavy atom. The fraction of sp³-hybridized carbons (Fsp3) is 0.238. The van der Waals surface area contributed by atoms with E-state index in [2.05, 4.69) is 10.6 Å². The Labute approximate surface area is 205 Å². The first-order valence-electron chi connectivity index (χ1n) is 9.86. The number of ether oxygens (including phenoxy) is 2. The van der Waals surface area contributed by atoms with E-state index in [9.17, 15) is 13.2 Å². The molecular weight excluding hydrogens is 506 g/mol. The van der Waals surface area contributed by atoms with Gasteiger partial charge < -0.3 is 14.8 Å². The SMILES string of the molecule is COc1ccc2c(Cl)c(C(=O)NC(=S)Nc3ccc(S(=O)(=O)N4CCOCC4)cc3)sc2c1. The molecule has 0 spiro atoms. The highest BCUT2D eigenvalue weighted by atomic mass is 35.5. The number of thiophene rings is 1. The van der Waals surface area contributed by atoms with Gasteiger partial charge in [-0.15, -0.1) is 11.3 Å². The van der Waals surface area contributed by atoms with E-state index in [1.165, 1.54) is 27.8 Å². The number of halogens is 1. The standard InChI is InChI=1S/C21H20ClN3O5S3/c1-29-14-4-7-16-17(12-14)32-19(18(16)22)20(26)24-21(31)23-13-2-5-15(6-3-13)33(27,28)25-8-10-30-11-9-25/h2-7,12H,8-11H2,1H3,(H2,23,24,26,31). The van der Waals surface area contributed by atoms with Gasteiger partial charge in [0, 0.05) is 28.9 Å². The van der Waals surface area contributed by atoms with Gasteiger partial charge in [0.2, 0.25) is 10.0 Å². The van der Waals surface area contributed by atoms with Gasteiger partial charge >= 0.3 is 0 Å². The van der Waals surface area contributed by atoms with Gasteiger partial charge in [-0.25, -0.2) is 8.42 Å². The molecule has 0 unspecified atom stereocenters. The zero-order valence-electron chi connectivity index (χ0n) is 17.5. The van der Waals surface area contributed by atoms with E-state index >= 15 is 0 Å². The summed E-state index contributed by atoms with van der Waals surface area (Å²) in [5, 5.41) is 6.65. The number of hydrogen-bond acceptors (Lipinski definition) is 7. The summed E-state index contributed by atoms with van der Waals surface area (Å²) in [6, 6.07) is 11.5. The number of carbonyl (C=O) groups excluding carboxylic acids is 1. The molecular formula is C21H20ClN3O5S3. The van der Waals surface area contributed by atoms with Crippen molar-refractivity contribution < 1.29 is 22.7 Å². The second-order valence-electron chi connectivity index (χ2n) is 7.06. The number of amides is 1. The first-order chi connectivity index (χ1) is 15.8. The maximum absolute atomic E-state index is 12.7. The van der Waals surface area contributed by atoms with Crippen molar-refractivity contribution in [2.24, 2.45) is 0 Å². The highest BCUT2D eigenvalue weighted by Gasteiger charge is 2.26. The van der Waals surface area contributed by atoms with Crippen LogP contribution in [-0.2, 0) is 14.8 Å². The van der Waals surface area contributed by atoms with Crippen LogP contribution in [0.5, 0.6) is 5.75 Å². The van der Waals surface area contributed by atoms with Crippen LogP contribution in [0.25, 0.3) is 10.1 Å². The summed E-state index contributed by atoms with van der Waals surface area (Å²) in [4.78, 5) is 13.2. The molecule has 3 aromatic rings. The number of nitrogens with zero attached hydrogens (tertiary/aromatic N) is 1. The van der Waals surface area contributed by atoms with Gasteiger partial charge in [-0.3, -0.25) is 10.1 Å². The molecule has 2 heterocycles. The van der Waals surface area contributed by atoms with E-state index in [0.29, 0.717) is 47.6 Å². The van der Waals surface area contributed by atoms with Gasteiger partial charge in [-0.1, -0.05) is 11.6 Å². The summed E-state index contributed by atoms with van der Waals surface area (Å²) in [5.74, 6) is 0.229. The number of benzene rings is 2. The lowest BCUT2D eigenvalue weighted by Crippen LogP contribution is -2.40. The van der Waals surface area contributed by atoms with E-state index in [1.54, 1.807) is 31.4 Å². The molecule has 1 fully saturated rings.